The second kappa shape index (κ2) is 59.1. The Labute approximate surface area is 490 Å². The van der Waals surface area contributed by atoms with Crippen molar-refractivity contribution in [2.24, 2.45) is 0 Å². The van der Waals surface area contributed by atoms with Crippen LogP contribution in [0.25, 0.3) is 0 Å². The molecule has 0 heterocycles. The van der Waals surface area contributed by atoms with E-state index in [9.17, 15) is 19.0 Å². The molecular formula is C69H131N2O7P. The minimum absolute atomic E-state index is 0.0217. The maximum Gasteiger partial charge on any atom is 0.306 e. The molecule has 79 heavy (non-hydrogen) atoms. The molecule has 1 N–H and O–H groups in total. The quantitative estimate of drug-likeness (QED) is 0.0212. The van der Waals surface area contributed by atoms with Crippen molar-refractivity contribution in [2.75, 3.05) is 40.9 Å². The molecule has 0 aliphatic carbocycles. The van der Waals surface area contributed by atoms with Gasteiger partial charge in [-0.05, 0) is 89.5 Å². The second-order valence-electron chi connectivity index (χ2n) is 24.3. The van der Waals surface area contributed by atoms with Crippen molar-refractivity contribution in [2.45, 2.75) is 341 Å². The number of phosphoric ester groups is 1. The van der Waals surface area contributed by atoms with Crippen molar-refractivity contribution < 1.29 is 37.3 Å². The Kier molecular flexibility index (Phi) is 57.6. The van der Waals surface area contributed by atoms with Gasteiger partial charge in [-0.1, -0.05) is 275 Å². The molecule has 0 aromatic carbocycles. The van der Waals surface area contributed by atoms with E-state index in [1.807, 2.05) is 33.3 Å². The number of amides is 1. The van der Waals surface area contributed by atoms with Crippen LogP contribution in [0.5, 0.6) is 0 Å². The standard InChI is InChI=1S/C69H131N2O7P/c1-7-10-13-16-19-22-25-27-29-31-33-34-35-36-38-40-42-44-47-50-53-56-59-62-69(73)78-67(60-57-54-51-48-45-24-21-18-15-12-9-3)66(65-77-79(74,75)76-64-63-71(4,5)6)70-68(72)61-58-55-52-49-46-43-41-39-37-32-30-28-26-23-20-17-14-11-8-2/h19,22,27-30,57,60,66-67H,7-18,20-21,23-26,31-56,58-59,61-65H2,1-6H3,(H-,70,72,74,75)/b22-19-,29-27-,30-28+,60-57+. The van der Waals surface area contributed by atoms with Crippen LogP contribution in [0, 0.1) is 0 Å². The fourth-order valence-corrected chi connectivity index (χ4v) is 10.7. The molecule has 1 amide bonds. The van der Waals surface area contributed by atoms with Crippen molar-refractivity contribution in [1.29, 1.82) is 0 Å². The van der Waals surface area contributed by atoms with Crippen LogP contribution in [-0.4, -0.2) is 69.4 Å². The zero-order valence-electron chi connectivity index (χ0n) is 53.1. The summed E-state index contributed by atoms with van der Waals surface area (Å²) in [5.41, 5.74) is 0. The van der Waals surface area contributed by atoms with Crippen LogP contribution < -0.4 is 10.2 Å². The van der Waals surface area contributed by atoms with Gasteiger partial charge in [0.05, 0.1) is 33.8 Å². The number of carbonyl (C=O) groups is 2. The molecule has 0 bridgehead atoms. The predicted octanol–water partition coefficient (Wildman–Crippen LogP) is 20.6. The number of phosphoric acid groups is 1. The molecular weight excluding hydrogens is 1000 g/mol. The zero-order chi connectivity index (χ0) is 57.9. The molecule has 0 saturated carbocycles. The molecule has 0 saturated heterocycles. The summed E-state index contributed by atoms with van der Waals surface area (Å²) in [4.78, 5) is 40.1. The van der Waals surface area contributed by atoms with Gasteiger partial charge in [0.25, 0.3) is 7.82 Å². The number of quaternary nitrogens is 1. The Morgan fingerprint density at radius 2 is 0.772 bits per heavy atom. The minimum Gasteiger partial charge on any atom is -0.756 e. The van der Waals surface area contributed by atoms with Crippen LogP contribution >= 0.6 is 7.82 Å². The van der Waals surface area contributed by atoms with Crippen LogP contribution in [-0.2, 0) is 27.9 Å². The van der Waals surface area contributed by atoms with E-state index < -0.39 is 20.0 Å². The summed E-state index contributed by atoms with van der Waals surface area (Å²) in [7, 11) is 1.19. The lowest BCUT2D eigenvalue weighted by molar-refractivity contribution is -0.870. The highest BCUT2D eigenvalue weighted by molar-refractivity contribution is 7.45. The molecule has 0 aliphatic heterocycles. The molecule has 0 aliphatic rings. The van der Waals surface area contributed by atoms with E-state index in [1.165, 1.54) is 231 Å². The molecule has 10 heteroatoms. The lowest BCUT2D eigenvalue weighted by Crippen LogP contribution is -2.47. The monoisotopic (exact) mass is 1130 g/mol. The van der Waals surface area contributed by atoms with Crippen molar-refractivity contribution in [3.63, 3.8) is 0 Å². The van der Waals surface area contributed by atoms with Gasteiger partial charge in [-0.15, -0.1) is 0 Å². The predicted molar refractivity (Wildman–Crippen MR) is 339 cm³/mol. The van der Waals surface area contributed by atoms with Crippen LogP contribution in [0.15, 0.2) is 48.6 Å². The summed E-state index contributed by atoms with van der Waals surface area (Å²) in [6, 6.07) is -0.888. The van der Waals surface area contributed by atoms with Crippen molar-refractivity contribution >= 4 is 19.7 Å². The van der Waals surface area contributed by atoms with Gasteiger partial charge in [0.1, 0.15) is 19.3 Å². The summed E-state index contributed by atoms with van der Waals surface area (Å²) in [5, 5.41) is 3.04. The molecule has 0 fully saturated rings. The smallest absolute Gasteiger partial charge is 0.306 e. The first kappa shape index (κ1) is 77.0. The van der Waals surface area contributed by atoms with Crippen LogP contribution in [0.3, 0.4) is 0 Å². The molecule has 0 aromatic rings. The van der Waals surface area contributed by atoms with Crippen LogP contribution in [0.4, 0.5) is 0 Å². The molecule has 464 valence electrons. The van der Waals surface area contributed by atoms with Gasteiger partial charge in [-0.2, -0.15) is 0 Å². The largest absolute Gasteiger partial charge is 0.756 e. The van der Waals surface area contributed by atoms with Gasteiger partial charge in [0, 0.05) is 12.8 Å². The SMILES string of the molecule is CCCCC/C=C\C/C=C\CCCCCCCCCCCCCCCC(=O)OC(/C=C/CCCCCCCCCCC)C(COP(=O)([O-])OCC[N+](C)(C)C)NC(=O)CCCCCCCCCCC/C=C/CCCCCCCC. The molecule has 0 rings (SSSR count). The number of likely N-dealkylation sites (N-methyl/N-ethyl adjacent to an activating group) is 1. The van der Waals surface area contributed by atoms with Crippen LogP contribution in [0.2, 0.25) is 0 Å². The first-order valence-electron chi connectivity index (χ1n) is 33.9. The van der Waals surface area contributed by atoms with E-state index in [0.717, 1.165) is 64.2 Å². The Morgan fingerprint density at radius 1 is 0.443 bits per heavy atom. The number of unbranched alkanes of at least 4 members (excludes halogenated alkanes) is 40. The van der Waals surface area contributed by atoms with Crippen molar-refractivity contribution in [3.05, 3.63) is 48.6 Å². The maximum absolute atomic E-state index is 13.6. The fraction of sp³-hybridized carbons (Fsp3) is 0.855. The summed E-state index contributed by atoms with van der Waals surface area (Å²) in [6.07, 6.45) is 73.7. The average Bonchev–Trinajstić information content (AvgIpc) is 3.41. The number of ether oxygens (including phenoxy) is 1. The van der Waals surface area contributed by atoms with Crippen molar-refractivity contribution in [1.82, 2.24) is 5.32 Å². The lowest BCUT2D eigenvalue weighted by atomic mass is 10.0. The molecule has 0 aromatic heterocycles. The van der Waals surface area contributed by atoms with Gasteiger partial charge < -0.3 is 28.5 Å². The van der Waals surface area contributed by atoms with Gasteiger partial charge in [-0.3, -0.25) is 14.2 Å². The first-order chi connectivity index (χ1) is 38.4. The van der Waals surface area contributed by atoms with E-state index in [0.29, 0.717) is 17.4 Å². The third-order valence-corrected chi connectivity index (χ3v) is 16.2. The first-order valence-corrected chi connectivity index (χ1v) is 35.4. The lowest BCUT2D eigenvalue weighted by Gasteiger charge is -2.30. The van der Waals surface area contributed by atoms with Gasteiger partial charge in [-0.25, -0.2) is 0 Å². The fourth-order valence-electron chi connectivity index (χ4n) is 9.96. The number of carbonyl (C=O) groups excluding carboxylic acids is 2. The summed E-state index contributed by atoms with van der Waals surface area (Å²) >= 11 is 0. The molecule has 3 unspecified atom stereocenters. The molecule has 3 atom stereocenters. The number of nitrogens with zero attached hydrogens (tertiary/aromatic N) is 1. The summed E-state index contributed by atoms with van der Waals surface area (Å²) in [5.74, 6) is -0.532. The van der Waals surface area contributed by atoms with Gasteiger partial charge in [0.2, 0.25) is 5.91 Å². The zero-order valence-corrected chi connectivity index (χ0v) is 54.0. The van der Waals surface area contributed by atoms with Gasteiger partial charge >= 0.3 is 5.97 Å². The average molecular weight is 1130 g/mol. The minimum atomic E-state index is -4.70. The maximum atomic E-state index is 13.6. The number of rotatable bonds is 62. The van der Waals surface area contributed by atoms with Gasteiger partial charge in [0.15, 0.2) is 0 Å². The van der Waals surface area contributed by atoms with E-state index in [2.05, 4.69) is 62.5 Å². The summed E-state index contributed by atoms with van der Waals surface area (Å²) < 4.78 is 30.4. The molecule has 0 radical (unpaired) electrons. The molecule has 9 nitrogen and oxygen atoms in total. The summed E-state index contributed by atoms with van der Waals surface area (Å²) in [6.45, 7) is 6.85. The number of esters is 1. The number of nitrogens with one attached hydrogen (secondary N) is 1. The Bertz CT molecular complexity index is 1490. The Morgan fingerprint density at radius 3 is 1.18 bits per heavy atom. The van der Waals surface area contributed by atoms with Crippen molar-refractivity contribution in [3.8, 4) is 0 Å². The van der Waals surface area contributed by atoms with Crippen LogP contribution in [0.1, 0.15) is 329 Å². The third kappa shape index (κ3) is 60.4. The Balaban J connectivity index is 5.07. The molecule has 0 spiro atoms. The van der Waals surface area contributed by atoms with E-state index in [1.54, 1.807) is 0 Å². The van der Waals surface area contributed by atoms with E-state index in [-0.39, 0.29) is 31.5 Å². The normalized spacial score (nSPS) is 13.9. The Hall–Kier alpha value is -2.03. The highest BCUT2D eigenvalue weighted by Crippen LogP contribution is 2.38. The van der Waals surface area contributed by atoms with E-state index >= 15 is 0 Å². The highest BCUT2D eigenvalue weighted by atomic mass is 31.2. The highest BCUT2D eigenvalue weighted by Gasteiger charge is 2.27. The topological polar surface area (TPSA) is 114 Å². The number of hydrogen-bond donors (Lipinski definition) is 1. The number of hydrogen-bond acceptors (Lipinski definition) is 7. The number of allylic oxidation sites excluding steroid dienone is 7. The third-order valence-electron chi connectivity index (χ3n) is 15.2. The van der Waals surface area contributed by atoms with E-state index in [4.69, 9.17) is 13.8 Å². The second-order valence-corrected chi connectivity index (χ2v) is 25.7.